The summed E-state index contributed by atoms with van der Waals surface area (Å²) in [4.78, 5) is 31.2. The average Bonchev–Trinajstić information content (AvgIpc) is 3.05. The lowest BCUT2D eigenvalue weighted by molar-refractivity contribution is -0.137. The molecule has 2 aliphatic heterocycles. The first-order chi connectivity index (χ1) is 15.3. The maximum atomic E-state index is 14.1. The molecule has 1 saturated carbocycles. The molecule has 174 valence electrons. The van der Waals surface area contributed by atoms with Crippen molar-refractivity contribution in [1.82, 2.24) is 9.80 Å². The topological polar surface area (TPSA) is 49.9 Å². The van der Waals surface area contributed by atoms with Gasteiger partial charge in [0.15, 0.2) is 11.5 Å². The van der Waals surface area contributed by atoms with Gasteiger partial charge in [-0.1, -0.05) is 39.8 Å². The van der Waals surface area contributed by atoms with Gasteiger partial charge in [0, 0.05) is 6.54 Å². The Balaban J connectivity index is 1.66. The molecule has 5 atom stereocenters. The van der Waals surface area contributed by atoms with Crippen molar-refractivity contribution in [3.8, 4) is 0 Å². The van der Waals surface area contributed by atoms with Crippen LogP contribution in [0.1, 0.15) is 58.6 Å². The van der Waals surface area contributed by atoms with E-state index in [-0.39, 0.29) is 35.3 Å². The van der Waals surface area contributed by atoms with Crippen LogP contribution in [0.15, 0.2) is 35.6 Å². The van der Waals surface area contributed by atoms with E-state index in [1.165, 1.54) is 12.1 Å². The van der Waals surface area contributed by atoms with Gasteiger partial charge in [0.05, 0.1) is 17.5 Å². The number of hydrogen-bond acceptors (Lipinski definition) is 4. The highest BCUT2D eigenvalue weighted by Crippen LogP contribution is 2.48. The highest BCUT2D eigenvalue weighted by Gasteiger charge is 2.53. The Bertz CT molecular complexity index is 910. The van der Waals surface area contributed by atoms with Gasteiger partial charge in [-0.3, -0.25) is 9.59 Å². The Morgan fingerprint density at radius 3 is 2.53 bits per heavy atom. The van der Waals surface area contributed by atoms with Gasteiger partial charge in [-0.15, -0.1) is 0 Å². The predicted octanol–water partition coefficient (Wildman–Crippen LogP) is 4.35. The van der Waals surface area contributed by atoms with E-state index < -0.39 is 6.04 Å². The smallest absolute Gasteiger partial charge is 0.290 e. The Hall–Kier alpha value is -2.21. The first-order valence-corrected chi connectivity index (χ1v) is 12.1. The van der Waals surface area contributed by atoms with Crippen molar-refractivity contribution >= 4 is 11.7 Å². The fraction of sp³-hybridized carbons (Fsp3) is 0.615. The normalized spacial score (nSPS) is 29.9. The molecule has 0 radical (unpaired) electrons. The lowest BCUT2D eigenvalue weighted by Crippen LogP contribution is -2.43. The number of fused-ring (bicyclic) bond motifs is 1. The van der Waals surface area contributed by atoms with Crippen LogP contribution >= 0.6 is 0 Å². The molecular formula is C26H35FN2O3. The van der Waals surface area contributed by atoms with Crippen LogP contribution in [-0.2, 0) is 14.3 Å². The number of ketones is 1. The molecule has 5 unspecified atom stereocenters. The fourth-order valence-electron chi connectivity index (χ4n) is 5.57. The van der Waals surface area contributed by atoms with Gasteiger partial charge in [-0.25, -0.2) is 4.39 Å². The number of ether oxygens (including phenoxy) is 1. The van der Waals surface area contributed by atoms with Gasteiger partial charge < -0.3 is 14.5 Å². The molecule has 2 heterocycles. The zero-order valence-corrected chi connectivity index (χ0v) is 19.6. The maximum Gasteiger partial charge on any atom is 0.290 e. The van der Waals surface area contributed by atoms with E-state index in [4.69, 9.17) is 4.74 Å². The number of benzene rings is 1. The van der Waals surface area contributed by atoms with Crippen LogP contribution in [0.25, 0.3) is 0 Å². The van der Waals surface area contributed by atoms with Crippen molar-refractivity contribution in [2.24, 2.45) is 17.8 Å². The molecule has 1 aromatic carbocycles. The summed E-state index contributed by atoms with van der Waals surface area (Å²) in [6.45, 7) is 11.9. The zero-order valence-electron chi connectivity index (χ0n) is 19.6. The van der Waals surface area contributed by atoms with Gasteiger partial charge >= 0.3 is 0 Å². The first kappa shape index (κ1) is 23.0. The largest absolute Gasteiger partial charge is 0.483 e. The molecule has 1 aliphatic carbocycles. The third kappa shape index (κ3) is 4.09. The summed E-state index contributed by atoms with van der Waals surface area (Å²) in [6.07, 6.45) is 2.11. The molecule has 0 saturated heterocycles. The molecule has 32 heavy (non-hydrogen) atoms. The fourth-order valence-corrected chi connectivity index (χ4v) is 5.57. The molecule has 4 rings (SSSR count). The van der Waals surface area contributed by atoms with E-state index in [2.05, 4.69) is 32.6 Å². The SMILES string of the molecule is CCN(CC)CCCN1C(=O)C2=C(C(=O)C3CC(C)C(C)CC3O2)C1c1cccc(F)c1. The molecule has 5 nitrogen and oxygen atoms in total. The van der Waals surface area contributed by atoms with Crippen molar-refractivity contribution in [2.45, 2.75) is 59.1 Å². The summed E-state index contributed by atoms with van der Waals surface area (Å²) in [6, 6.07) is 5.70. The monoisotopic (exact) mass is 442 g/mol. The van der Waals surface area contributed by atoms with Crippen LogP contribution in [0.3, 0.4) is 0 Å². The summed E-state index contributed by atoms with van der Waals surface area (Å²) in [5, 5.41) is 0. The minimum absolute atomic E-state index is 0.0175. The highest BCUT2D eigenvalue weighted by atomic mass is 19.1. The number of Topliss-reactive ketones (excluding diaryl/α,β-unsaturated/α-hetero) is 1. The second-order valence-electron chi connectivity index (χ2n) is 9.63. The molecular weight excluding hydrogens is 407 g/mol. The number of amides is 1. The molecule has 0 spiro atoms. The quantitative estimate of drug-likeness (QED) is 0.630. The van der Waals surface area contributed by atoms with E-state index >= 15 is 0 Å². The molecule has 0 bridgehead atoms. The minimum Gasteiger partial charge on any atom is -0.483 e. The zero-order chi connectivity index (χ0) is 23.0. The van der Waals surface area contributed by atoms with Crippen LogP contribution in [0, 0.1) is 23.6 Å². The van der Waals surface area contributed by atoms with Crippen LogP contribution < -0.4 is 0 Å². The molecule has 1 aromatic rings. The maximum absolute atomic E-state index is 14.1. The Morgan fingerprint density at radius 2 is 1.84 bits per heavy atom. The number of carbonyl (C=O) groups excluding carboxylic acids is 2. The van der Waals surface area contributed by atoms with Crippen LogP contribution in [-0.4, -0.2) is 53.8 Å². The van der Waals surface area contributed by atoms with Crippen molar-refractivity contribution in [3.05, 3.63) is 47.0 Å². The van der Waals surface area contributed by atoms with E-state index in [1.807, 2.05) is 0 Å². The van der Waals surface area contributed by atoms with Crippen molar-refractivity contribution in [3.63, 3.8) is 0 Å². The van der Waals surface area contributed by atoms with E-state index in [0.29, 0.717) is 29.5 Å². The lowest BCUT2D eigenvalue weighted by Gasteiger charge is -2.40. The third-order valence-corrected chi connectivity index (χ3v) is 7.74. The van der Waals surface area contributed by atoms with Crippen LogP contribution in [0.4, 0.5) is 4.39 Å². The molecule has 3 aliphatic rings. The summed E-state index contributed by atoms with van der Waals surface area (Å²) < 4.78 is 20.4. The van der Waals surface area contributed by atoms with Crippen LogP contribution in [0.5, 0.6) is 0 Å². The number of carbonyl (C=O) groups is 2. The number of hydrogen-bond donors (Lipinski definition) is 0. The average molecular weight is 443 g/mol. The third-order valence-electron chi connectivity index (χ3n) is 7.74. The molecule has 6 heteroatoms. The van der Waals surface area contributed by atoms with Gasteiger partial charge in [0.25, 0.3) is 5.91 Å². The van der Waals surface area contributed by atoms with Crippen molar-refractivity contribution in [2.75, 3.05) is 26.2 Å². The predicted molar refractivity (Wildman–Crippen MR) is 121 cm³/mol. The summed E-state index contributed by atoms with van der Waals surface area (Å²) >= 11 is 0. The van der Waals surface area contributed by atoms with Gasteiger partial charge in [0.2, 0.25) is 0 Å². The van der Waals surface area contributed by atoms with Crippen molar-refractivity contribution < 1.29 is 18.7 Å². The van der Waals surface area contributed by atoms with E-state index in [0.717, 1.165) is 38.9 Å². The van der Waals surface area contributed by atoms with Gasteiger partial charge in [0.1, 0.15) is 11.9 Å². The molecule has 1 fully saturated rings. The lowest BCUT2D eigenvalue weighted by atomic mass is 9.70. The summed E-state index contributed by atoms with van der Waals surface area (Å²) in [5.41, 5.74) is 1.07. The van der Waals surface area contributed by atoms with E-state index in [9.17, 15) is 14.0 Å². The second kappa shape index (κ2) is 9.34. The standard InChI is InChI=1S/C26H35FN2O3/c1-5-28(6-2)11-8-12-29-23(18-9-7-10-19(27)15-18)22-24(30)20-13-16(3)17(4)14-21(20)32-25(22)26(29)31/h7,9-10,15-17,20-21,23H,5-6,8,11-14H2,1-4H3. The first-order valence-electron chi connectivity index (χ1n) is 12.1. The van der Waals surface area contributed by atoms with Gasteiger partial charge in [-0.05, 0) is 68.4 Å². The second-order valence-corrected chi connectivity index (χ2v) is 9.63. The molecule has 0 N–H and O–H groups in total. The Labute approximate surface area is 190 Å². The number of rotatable bonds is 7. The molecule has 0 aromatic heterocycles. The minimum atomic E-state index is -0.576. The Morgan fingerprint density at radius 1 is 1.12 bits per heavy atom. The summed E-state index contributed by atoms with van der Waals surface area (Å²) in [5.74, 6) is 0.285. The van der Waals surface area contributed by atoms with Crippen LogP contribution in [0.2, 0.25) is 0 Å². The summed E-state index contributed by atoms with van der Waals surface area (Å²) in [7, 11) is 0. The van der Waals surface area contributed by atoms with E-state index in [1.54, 1.807) is 17.0 Å². The van der Waals surface area contributed by atoms with Crippen molar-refractivity contribution in [1.29, 1.82) is 0 Å². The Kier molecular flexibility index (Phi) is 6.70. The van der Waals surface area contributed by atoms with Gasteiger partial charge in [-0.2, -0.15) is 0 Å². The number of nitrogens with zero attached hydrogens (tertiary/aromatic N) is 2. The number of halogens is 1. The molecule has 1 amide bonds. The highest BCUT2D eigenvalue weighted by molar-refractivity contribution is 6.11.